The van der Waals surface area contributed by atoms with Crippen LogP contribution in [0.4, 0.5) is 22.9 Å². The Morgan fingerprint density at radius 2 is 1.59 bits per heavy atom. The van der Waals surface area contributed by atoms with E-state index >= 15 is 0 Å². The number of hydrogen-bond acceptors (Lipinski definition) is 6. The molecule has 0 spiro atoms. The van der Waals surface area contributed by atoms with E-state index in [1.807, 2.05) is 43.3 Å². The van der Waals surface area contributed by atoms with E-state index in [0.29, 0.717) is 17.1 Å². The maximum atomic E-state index is 12.3. The Kier molecular flexibility index (Phi) is 5.28. The summed E-state index contributed by atoms with van der Waals surface area (Å²) in [6, 6.07) is 19.8. The number of rotatable bonds is 5. The van der Waals surface area contributed by atoms with Crippen molar-refractivity contribution < 1.29 is 4.79 Å². The highest BCUT2D eigenvalue weighted by molar-refractivity contribution is 6.02. The van der Waals surface area contributed by atoms with Crippen LogP contribution in [0.3, 0.4) is 0 Å². The molecule has 3 aromatic rings. The van der Waals surface area contributed by atoms with Crippen molar-refractivity contribution in [1.82, 2.24) is 10.2 Å². The third-order valence-electron chi connectivity index (χ3n) is 3.83. The number of hydrogen-bond donors (Lipinski definition) is 2. The number of nitriles is 1. The van der Waals surface area contributed by atoms with Gasteiger partial charge >= 0.3 is 0 Å². The predicted molar refractivity (Wildman–Crippen MR) is 105 cm³/mol. The van der Waals surface area contributed by atoms with Crippen LogP contribution in [0, 0.1) is 11.3 Å². The Balaban J connectivity index is 1.63. The smallest absolute Gasteiger partial charge is 0.276 e. The zero-order valence-corrected chi connectivity index (χ0v) is 15.0. The van der Waals surface area contributed by atoms with Gasteiger partial charge in [-0.1, -0.05) is 0 Å². The summed E-state index contributed by atoms with van der Waals surface area (Å²) < 4.78 is 0. The first-order chi connectivity index (χ1) is 13.0. The van der Waals surface area contributed by atoms with E-state index in [9.17, 15) is 4.79 Å². The van der Waals surface area contributed by atoms with E-state index in [-0.39, 0.29) is 11.6 Å². The van der Waals surface area contributed by atoms with Crippen LogP contribution in [0.5, 0.6) is 0 Å². The predicted octanol–water partition coefficient (Wildman–Crippen LogP) is 3.41. The van der Waals surface area contributed by atoms with Crippen molar-refractivity contribution in [1.29, 1.82) is 5.26 Å². The second-order valence-electron chi connectivity index (χ2n) is 6.01. The van der Waals surface area contributed by atoms with Gasteiger partial charge < -0.3 is 15.5 Å². The number of nitrogens with one attached hydrogen (secondary N) is 2. The maximum Gasteiger partial charge on any atom is 0.276 e. The van der Waals surface area contributed by atoms with Crippen molar-refractivity contribution in [3.8, 4) is 6.07 Å². The second-order valence-corrected chi connectivity index (χ2v) is 6.01. The lowest BCUT2D eigenvalue weighted by Crippen LogP contribution is -2.15. The molecule has 0 aliphatic rings. The lowest BCUT2D eigenvalue weighted by atomic mass is 10.2. The fourth-order valence-corrected chi connectivity index (χ4v) is 2.33. The van der Waals surface area contributed by atoms with Crippen LogP contribution in [-0.4, -0.2) is 30.2 Å². The van der Waals surface area contributed by atoms with Gasteiger partial charge in [0.15, 0.2) is 11.5 Å². The normalized spacial score (nSPS) is 9.96. The molecular formula is C20H18N6O. The Bertz CT molecular complexity index is 957. The minimum Gasteiger partial charge on any atom is -0.378 e. The Labute approximate surface area is 157 Å². The molecule has 7 nitrogen and oxygen atoms in total. The van der Waals surface area contributed by atoms with Gasteiger partial charge in [0.25, 0.3) is 5.91 Å². The molecule has 0 saturated carbocycles. The number of nitrogens with zero attached hydrogens (tertiary/aromatic N) is 4. The van der Waals surface area contributed by atoms with Crippen molar-refractivity contribution in [3.63, 3.8) is 0 Å². The SMILES string of the molecule is CN(C)c1ccc(NC(=O)c2ccc(Nc3ccc(C#N)cc3)nn2)cc1. The molecule has 0 radical (unpaired) electrons. The monoisotopic (exact) mass is 358 g/mol. The zero-order valence-electron chi connectivity index (χ0n) is 15.0. The van der Waals surface area contributed by atoms with Gasteiger partial charge in [-0.25, -0.2) is 0 Å². The second kappa shape index (κ2) is 7.97. The van der Waals surface area contributed by atoms with Crippen molar-refractivity contribution in [2.75, 3.05) is 29.6 Å². The third-order valence-corrected chi connectivity index (χ3v) is 3.83. The molecule has 1 aromatic heterocycles. The lowest BCUT2D eigenvalue weighted by molar-refractivity contribution is 0.102. The van der Waals surface area contributed by atoms with Crippen molar-refractivity contribution in [2.24, 2.45) is 0 Å². The molecule has 1 amide bonds. The summed E-state index contributed by atoms with van der Waals surface area (Å²) in [6.45, 7) is 0. The number of carbonyl (C=O) groups is 1. The van der Waals surface area contributed by atoms with Gasteiger partial charge in [0, 0.05) is 31.2 Å². The van der Waals surface area contributed by atoms with Crippen LogP contribution < -0.4 is 15.5 Å². The molecule has 0 unspecified atom stereocenters. The molecule has 2 N–H and O–H groups in total. The van der Waals surface area contributed by atoms with Gasteiger partial charge in [0.1, 0.15) is 0 Å². The highest BCUT2D eigenvalue weighted by atomic mass is 16.1. The van der Waals surface area contributed by atoms with Gasteiger partial charge in [-0.3, -0.25) is 4.79 Å². The molecule has 0 atom stereocenters. The lowest BCUT2D eigenvalue weighted by Gasteiger charge is -2.13. The Hall–Kier alpha value is -3.92. The largest absolute Gasteiger partial charge is 0.378 e. The first-order valence-electron chi connectivity index (χ1n) is 8.25. The summed E-state index contributed by atoms with van der Waals surface area (Å²) in [7, 11) is 3.91. The van der Waals surface area contributed by atoms with E-state index < -0.39 is 0 Å². The molecule has 3 rings (SSSR count). The molecule has 134 valence electrons. The van der Waals surface area contributed by atoms with Gasteiger partial charge in [-0.05, 0) is 60.7 Å². The minimum atomic E-state index is -0.329. The molecule has 0 aliphatic heterocycles. The molecule has 0 saturated heterocycles. The first kappa shape index (κ1) is 17.9. The van der Waals surface area contributed by atoms with Crippen molar-refractivity contribution >= 4 is 28.8 Å². The molecular weight excluding hydrogens is 340 g/mol. The van der Waals surface area contributed by atoms with Crippen molar-refractivity contribution in [3.05, 3.63) is 71.9 Å². The molecule has 0 bridgehead atoms. The molecule has 0 fully saturated rings. The first-order valence-corrected chi connectivity index (χ1v) is 8.25. The van der Waals surface area contributed by atoms with E-state index in [4.69, 9.17) is 5.26 Å². The number of amides is 1. The van der Waals surface area contributed by atoms with E-state index in [0.717, 1.165) is 11.4 Å². The quantitative estimate of drug-likeness (QED) is 0.726. The molecule has 27 heavy (non-hydrogen) atoms. The molecule has 0 aliphatic carbocycles. The number of carbonyl (C=O) groups excluding carboxylic acids is 1. The van der Waals surface area contributed by atoms with Gasteiger partial charge in [-0.15, -0.1) is 10.2 Å². The van der Waals surface area contributed by atoms with Crippen molar-refractivity contribution in [2.45, 2.75) is 0 Å². The number of benzene rings is 2. The minimum absolute atomic E-state index is 0.220. The standard InChI is InChI=1S/C20H18N6O/c1-26(2)17-9-7-16(8-10-17)23-20(27)18-11-12-19(25-24-18)22-15-5-3-14(13-21)4-6-15/h3-12H,1-2H3,(H,22,25)(H,23,27). The zero-order chi connectivity index (χ0) is 19.2. The third kappa shape index (κ3) is 4.58. The summed E-state index contributed by atoms with van der Waals surface area (Å²) in [5.41, 5.74) is 3.31. The van der Waals surface area contributed by atoms with Crippen LogP contribution in [0.15, 0.2) is 60.7 Å². The van der Waals surface area contributed by atoms with Crippen LogP contribution in [0.25, 0.3) is 0 Å². The van der Waals surface area contributed by atoms with E-state index in [1.54, 1.807) is 36.4 Å². The van der Waals surface area contributed by atoms with Gasteiger partial charge in [-0.2, -0.15) is 5.26 Å². The highest BCUT2D eigenvalue weighted by Crippen LogP contribution is 2.17. The Morgan fingerprint density at radius 3 is 2.15 bits per heavy atom. The average molecular weight is 358 g/mol. The summed E-state index contributed by atoms with van der Waals surface area (Å²) >= 11 is 0. The number of aromatic nitrogens is 2. The molecule has 1 heterocycles. The maximum absolute atomic E-state index is 12.3. The average Bonchev–Trinajstić information content (AvgIpc) is 2.69. The van der Waals surface area contributed by atoms with Crippen LogP contribution in [0.2, 0.25) is 0 Å². The van der Waals surface area contributed by atoms with Gasteiger partial charge in [0.05, 0.1) is 11.6 Å². The molecule has 2 aromatic carbocycles. The number of anilines is 4. The van der Waals surface area contributed by atoms with Crippen LogP contribution in [-0.2, 0) is 0 Å². The summed E-state index contributed by atoms with van der Waals surface area (Å²) in [4.78, 5) is 14.3. The topological polar surface area (TPSA) is 93.9 Å². The molecule has 7 heteroatoms. The van der Waals surface area contributed by atoms with E-state index in [1.165, 1.54) is 0 Å². The van der Waals surface area contributed by atoms with Crippen LogP contribution in [0.1, 0.15) is 16.1 Å². The summed E-state index contributed by atoms with van der Waals surface area (Å²) in [5, 5.41) is 22.7. The fourth-order valence-electron chi connectivity index (χ4n) is 2.33. The summed E-state index contributed by atoms with van der Waals surface area (Å²) in [5.74, 6) is 0.177. The highest BCUT2D eigenvalue weighted by Gasteiger charge is 2.09. The van der Waals surface area contributed by atoms with E-state index in [2.05, 4.69) is 26.9 Å². The summed E-state index contributed by atoms with van der Waals surface area (Å²) in [6.07, 6.45) is 0. The fraction of sp³-hybridized carbons (Fsp3) is 0.100. The van der Waals surface area contributed by atoms with Gasteiger partial charge in [0.2, 0.25) is 0 Å². The Morgan fingerprint density at radius 1 is 0.926 bits per heavy atom. The van der Waals surface area contributed by atoms with Crippen LogP contribution >= 0.6 is 0 Å².